The van der Waals surface area contributed by atoms with Crippen LogP contribution in [0.1, 0.15) is 50.2 Å². The van der Waals surface area contributed by atoms with Crippen LogP contribution in [0.25, 0.3) is 11.0 Å². The van der Waals surface area contributed by atoms with Gasteiger partial charge in [-0.05, 0) is 30.2 Å². The number of benzene rings is 3. The Morgan fingerprint density at radius 1 is 1.03 bits per heavy atom. The van der Waals surface area contributed by atoms with Crippen molar-refractivity contribution in [1.82, 2.24) is 14.9 Å². The van der Waals surface area contributed by atoms with Crippen molar-refractivity contribution in [1.29, 1.82) is 5.41 Å². The second kappa shape index (κ2) is 10.2. The SMILES string of the molecule is CCOC(=O)c1ccc2c(nc(Cc3ccc(C(=N)N)cc3)n2C)c1C(=O)NCc1ccccc1. The summed E-state index contributed by atoms with van der Waals surface area (Å²) in [6, 6.07) is 20.3. The van der Waals surface area contributed by atoms with E-state index >= 15 is 0 Å². The van der Waals surface area contributed by atoms with E-state index in [9.17, 15) is 9.59 Å². The largest absolute Gasteiger partial charge is 0.462 e. The summed E-state index contributed by atoms with van der Waals surface area (Å²) in [5, 5.41) is 10.5. The van der Waals surface area contributed by atoms with Crippen molar-refractivity contribution < 1.29 is 14.3 Å². The van der Waals surface area contributed by atoms with Gasteiger partial charge >= 0.3 is 5.97 Å². The molecule has 0 fully saturated rings. The van der Waals surface area contributed by atoms with Crippen LogP contribution in [0.5, 0.6) is 0 Å². The molecule has 3 aromatic carbocycles. The van der Waals surface area contributed by atoms with Gasteiger partial charge in [0, 0.05) is 25.6 Å². The van der Waals surface area contributed by atoms with Crippen molar-refractivity contribution in [3.05, 3.63) is 100 Å². The molecule has 35 heavy (non-hydrogen) atoms. The summed E-state index contributed by atoms with van der Waals surface area (Å²) in [7, 11) is 1.88. The van der Waals surface area contributed by atoms with E-state index in [0.29, 0.717) is 24.0 Å². The lowest BCUT2D eigenvalue weighted by Gasteiger charge is -2.11. The van der Waals surface area contributed by atoms with Crippen LogP contribution >= 0.6 is 0 Å². The van der Waals surface area contributed by atoms with Crippen LogP contribution in [-0.2, 0) is 24.8 Å². The lowest BCUT2D eigenvalue weighted by atomic mass is 10.0. The van der Waals surface area contributed by atoms with Crippen LogP contribution in [0, 0.1) is 5.41 Å². The van der Waals surface area contributed by atoms with Gasteiger partial charge < -0.3 is 20.4 Å². The highest BCUT2D eigenvalue weighted by Gasteiger charge is 2.24. The summed E-state index contributed by atoms with van der Waals surface area (Å²) < 4.78 is 7.13. The van der Waals surface area contributed by atoms with Gasteiger partial charge in [-0.3, -0.25) is 10.2 Å². The monoisotopic (exact) mass is 469 g/mol. The zero-order valence-corrected chi connectivity index (χ0v) is 19.7. The molecule has 0 aliphatic heterocycles. The molecule has 4 rings (SSSR count). The van der Waals surface area contributed by atoms with Crippen LogP contribution in [-0.4, -0.2) is 33.9 Å². The Kier molecular flexibility index (Phi) is 6.91. The van der Waals surface area contributed by atoms with Gasteiger partial charge in [-0.15, -0.1) is 0 Å². The number of amidine groups is 1. The first-order valence-corrected chi connectivity index (χ1v) is 11.3. The first kappa shape index (κ1) is 23.7. The number of nitrogens with two attached hydrogens (primary N) is 1. The predicted molar refractivity (Wildman–Crippen MR) is 135 cm³/mol. The van der Waals surface area contributed by atoms with Gasteiger partial charge in [0.05, 0.1) is 23.3 Å². The minimum absolute atomic E-state index is 0.0110. The smallest absolute Gasteiger partial charge is 0.339 e. The fraction of sp³-hybridized carbons (Fsp3) is 0.185. The van der Waals surface area contributed by atoms with Gasteiger partial charge in [-0.25, -0.2) is 9.78 Å². The molecule has 0 radical (unpaired) electrons. The Labute approximate surface area is 203 Å². The number of amides is 1. The van der Waals surface area contributed by atoms with Crippen molar-refractivity contribution in [3.8, 4) is 0 Å². The molecule has 0 aliphatic rings. The number of esters is 1. The fourth-order valence-corrected chi connectivity index (χ4v) is 3.93. The molecule has 0 bridgehead atoms. The molecule has 1 aromatic heterocycles. The van der Waals surface area contributed by atoms with Gasteiger partial charge in [0.2, 0.25) is 0 Å². The number of nitrogens with one attached hydrogen (secondary N) is 2. The number of hydrogen-bond donors (Lipinski definition) is 3. The third-order valence-corrected chi connectivity index (χ3v) is 5.79. The van der Waals surface area contributed by atoms with Gasteiger partial charge in [-0.2, -0.15) is 0 Å². The molecule has 1 heterocycles. The van der Waals surface area contributed by atoms with E-state index in [1.54, 1.807) is 31.2 Å². The summed E-state index contributed by atoms with van der Waals surface area (Å²) in [4.78, 5) is 30.8. The van der Waals surface area contributed by atoms with E-state index in [-0.39, 0.29) is 23.6 Å². The minimum atomic E-state index is -0.564. The molecule has 0 saturated carbocycles. The van der Waals surface area contributed by atoms with Crippen molar-refractivity contribution in [2.45, 2.75) is 19.9 Å². The number of imidazole rings is 1. The van der Waals surface area contributed by atoms with Crippen LogP contribution in [0.2, 0.25) is 0 Å². The summed E-state index contributed by atoms with van der Waals surface area (Å²) in [5.41, 5.74) is 9.68. The third-order valence-electron chi connectivity index (χ3n) is 5.79. The second-order valence-corrected chi connectivity index (χ2v) is 8.12. The minimum Gasteiger partial charge on any atom is -0.462 e. The average molecular weight is 470 g/mol. The number of carbonyl (C=O) groups is 2. The molecule has 8 heteroatoms. The lowest BCUT2D eigenvalue weighted by molar-refractivity contribution is 0.0523. The number of aromatic nitrogens is 2. The topological polar surface area (TPSA) is 123 Å². The Morgan fingerprint density at radius 3 is 2.40 bits per heavy atom. The van der Waals surface area contributed by atoms with E-state index in [0.717, 1.165) is 22.5 Å². The Bertz CT molecular complexity index is 1390. The average Bonchev–Trinajstić information content (AvgIpc) is 3.18. The van der Waals surface area contributed by atoms with Gasteiger partial charge in [0.25, 0.3) is 5.91 Å². The highest BCUT2D eigenvalue weighted by molar-refractivity contribution is 6.13. The van der Waals surface area contributed by atoms with Crippen molar-refractivity contribution in [2.75, 3.05) is 6.61 Å². The van der Waals surface area contributed by atoms with E-state index in [4.69, 9.17) is 20.9 Å². The Morgan fingerprint density at radius 2 is 1.74 bits per heavy atom. The molecule has 0 unspecified atom stereocenters. The lowest BCUT2D eigenvalue weighted by Crippen LogP contribution is -2.26. The van der Waals surface area contributed by atoms with Gasteiger partial charge in [0.1, 0.15) is 17.2 Å². The van der Waals surface area contributed by atoms with Crippen LogP contribution < -0.4 is 11.1 Å². The van der Waals surface area contributed by atoms with E-state index in [2.05, 4.69) is 5.32 Å². The molecule has 8 nitrogen and oxygen atoms in total. The normalized spacial score (nSPS) is 10.8. The van der Waals surface area contributed by atoms with Crippen LogP contribution in [0.4, 0.5) is 0 Å². The van der Waals surface area contributed by atoms with Crippen molar-refractivity contribution >= 4 is 28.7 Å². The fourth-order valence-electron chi connectivity index (χ4n) is 3.93. The Balaban J connectivity index is 1.72. The molecule has 1 amide bonds. The number of ether oxygens (including phenoxy) is 1. The number of aryl methyl sites for hydroxylation is 1. The van der Waals surface area contributed by atoms with Crippen molar-refractivity contribution in [2.24, 2.45) is 12.8 Å². The summed E-state index contributed by atoms with van der Waals surface area (Å²) in [5.74, 6) is -0.213. The summed E-state index contributed by atoms with van der Waals surface area (Å²) in [6.45, 7) is 2.24. The first-order chi connectivity index (χ1) is 16.9. The summed E-state index contributed by atoms with van der Waals surface area (Å²) >= 11 is 0. The number of hydrogen-bond acceptors (Lipinski definition) is 5. The number of nitrogens with zero attached hydrogens (tertiary/aromatic N) is 2. The molecular weight excluding hydrogens is 442 g/mol. The molecule has 4 aromatic rings. The van der Waals surface area contributed by atoms with Crippen LogP contribution in [0.3, 0.4) is 0 Å². The highest BCUT2D eigenvalue weighted by Crippen LogP contribution is 2.25. The predicted octanol–water partition coefficient (Wildman–Crippen LogP) is 3.55. The highest BCUT2D eigenvalue weighted by atomic mass is 16.5. The molecular formula is C27H27N5O3. The quantitative estimate of drug-likeness (QED) is 0.207. The zero-order valence-electron chi connectivity index (χ0n) is 19.7. The Hall–Kier alpha value is -4.46. The number of rotatable bonds is 8. The number of nitrogen functional groups attached to an aromatic ring is 1. The van der Waals surface area contributed by atoms with Gasteiger partial charge in [0.15, 0.2) is 0 Å². The standard InChI is InChI=1S/C27H27N5O3/c1-3-35-27(34)20-13-14-21-24(23(20)26(33)30-16-18-7-5-4-6-8-18)31-22(32(21)2)15-17-9-11-19(12-10-17)25(28)29/h4-14H,3,15-16H2,1-2H3,(H3,28,29)(H,30,33). The first-order valence-electron chi connectivity index (χ1n) is 11.3. The molecule has 0 aliphatic carbocycles. The maximum Gasteiger partial charge on any atom is 0.339 e. The van der Waals surface area contributed by atoms with E-state index < -0.39 is 11.9 Å². The molecule has 0 spiro atoms. The molecule has 0 saturated heterocycles. The molecule has 4 N–H and O–H groups in total. The maximum absolute atomic E-state index is 13.3. The second-order valence-electron chi connectivity index (χ2n) is 8.12. The molecule has 178 valence electrons. The summed E-state index contributed by atoms with van der Waals surface area (Å²) in [6.07, 6.45) is 0.503. The van der Waals surface area contributed by atoms with E-state index in [1.165, 1.54) is 0 Å². The van der Waals surface area contributed by atoms with Gasteiger partial charge in [-0.1, -0.05) is 54.6 Å². The van der Waals surface area contributed by atoms with Crippen LogP contribution in [0.15, 0.2) is 66.7 Å². The number of fused-ring (bicyclic) bond motifs is 1. The molecule has 0 atom stereocenters. The maximum atomic E-state index is 13.3. The van der Waals surface area contributed by atoms with E-state index in [1.807, 2.05) is 54.1 Å². The number of carbonyl (C=O) groups excluding carboxylic acids is 2. The van der Waals surface area contributed by atoms with Crippen molar-refractivity contribution in [3.63, 3.8) is 0 Å². The zero-order chi connectivity index (χ0) is 24.9. The third kappa shape index (κ3) is 5.06.